The lowest BCUT2D eigenvalue weighted by Crippen LogP contribution is -2.48. The Morgan fingerprint density at radius 3 is 2.79 bits per heavy atom. The van der Waals surface area contributed by atoms with Gasteiger partial charge in [-0.1, -0.05) is 13.2 Å². The molecule has 0 amide bonds. The van der Waals surface area contributed by atoms with Crippen LogP contribution in [0.4, 0.5) is 0 Å². The lowest BCUT2D eigenvalue weighted by molar-refractivity contribution is -0.245. The molecule has 0 aromatic heterocycles. The van der Waals surface area contributed by atoms with Crippen LogP contribution in [0.15, 0.2) is 0 Å². The van der Waals surface area contributed by atoms with Crippen molar-refractivity contribution in [2.45, 2.75) is 50.7 Å². The van der Waals surface area contributed by atoms with E-state index in [9.17, 15) is 10.2 Å². The van der Waals surface area contributed by atoms with Gasteiger partial charge in [-0.15, -0.1) is 0 Å². The Morgan fingerprint density at radius 2 is 2.21 bits per heavy atom. The van der Waals surface area contributed by atoms with Crippen molar-refractivity contribution in [3.63, 3.8) is 0 Å². The zero-order valence-electron chi connectivity index (χ0n) is 8.43. The Bertz CT molecular complexity index is 167. The van der Waals surface area contributed by atoms with Crippen LogP contribution in [0, 0.1) is 0 Å². The van der Waals surface area contributed by atoms with Gasteiger partial charge in [0, 0.05) is 13.0 Å². The molecule has 1 aliphatic heterocycles. The van der Waals surface area contributed by atoms with Crippen LogP contribution >= 0.6 is 0 Å². The molecule has 4 atom stereocenters. The van der Waals surface area contributed by atoms with Crippen LogP contribution in [0.1, 0.15) is 19.8 Å². The monoisotopic (exact) mass is 200 g/mol. The molecular formula is C9H17BO4. The Labute approximate surface area is 85.6 Å². The summed E-state index contributed by atoms with van der Waals surface area (Å²) in [7, 11) is 5.40. The van der Waals surface area contributed by atoms with E-state index in [2.05, 4.69) is 0 Å². The average molecular weight is 200 g/mol. The van der Waals surface area contributed by atoms with Crippen LogP contribution < -0.4 is 0 Å². The van der Waals surface area contributed by atoms with Crippen LogP contribution in [0.5, 0.6) is 0 Å². The van der Waals surface area contributed by atoms with Gasteiger partial charge in [-0.05, 0) is 6.42 Å². The topological polar surface area (TPSA) is 58.9 Å². The molecule has 0 bridgehead atoms. The van der Waals surface area contributed by atoms with E-state index < -0.39 is 24.6 Å². The summed E-state index contributed by atoms with van der Waals surface area (Å²) in [6, 6.07) is 0. The van der Waals surface area contributed by atoms with Gasteiger partial charge in [0.1, 0.15) is 6.10 Å². The Hall–Kier alpha value is -0.0951. The summed E-state index contributed by atoms with van der Waals surface area (Å²) < 4.78 is 10.7. The molecule has 2 N–H and O–H groups in total. The van der Waals surface area contributed by atoms with E-state index in [1.807, 2.05) is 6.92 Å². The summed E-state index contributed by atoms with van der Waals surface area (Å²) in [5.74, 6) is 0. The van der Waals surface area contributed by atoms with E-state index in [0.717, 1.165) is 6.42 Å². The van der Waals surface area contributed by atoms with Crippen molar-refractivity contribution in [2.24, 2.45) is 0 Å². The van der Waals surface area contributed by atoms with Gasteiger partial charge in [-0.25, -0.2) is 0 Å². The summed E-state index contributed by atoms with van der Waals surface area (Å²) in [6.45, 7) is 2.58. The minimum Gasteiger partial charge on any atom is -0.390 e. The fraction of sp³-hybridized carbons (Fsp3) is 1.00. The van der Waals surface area contributed by atoms with Gasteiger partial charge < -0.3 is 19.7 Å². The fourth-order valence-electron chi connectivity index (χ4n) is 1.47. The first kappa shape index (κ1) is 12.0. The van der Waals surface area contributed by atoms with Crippen molar-refractivity contribution in [3.8, 4) is 0 Å². The SMILES string of the molecule is [B]CC1OC(OCCC)CC(O)C1O. The molecule has 2 radical (unpaired) electrons. The molecule has 0 aliphatic carbocycles. The van der Waals surface area contributed by atoms with E-state index in [-0.39, 0.29) is 6.32 Å². The first-order valence-electron chi connectivity index (χ1n) is 5.02. The first-order valence-corrected chi connectivity index (χ1v) is 5.02. The molecule has 1 rings (SSSR count). The number of aliphatic hydroxyl groups is 2. The molecule has 14 heavy (non-hydrogen) atoms. The molecule has 1 aliphatic rings. The van der Waals surface area contributed by atoms with Crippen molar-refractivity contribution in [1.82, 2.24) is 0 Å². The predicted molar refractivity (Wildman–Crippen MR) is 52.1 cm³/mol. The lowest BCUT2D eigenvalue weighted by Gasteiger charge is -2.36. The highest BCUT2D eigenvalue weighted by Crippen LogP contribution is 2.22. The molecule has 1 saturated heterocycles. The lowest BCUT2D eigenvalue weighted by atomic mass is 9.90. The summed E-state index contributed by atoms with van der Waals surface area (Å²) >= 11 is 0. The third-order valence-electron chi connectivity index (χ3n) is 2.28. The highest BCUT2D eigenvalue weighted by Gasteiger charge is 2.35. The van der Waals surface area contributed by atoms with Gasteiger partial charge in [-0.2, -0.15) is 0 Å². The fourth-order valence-corrected chi connectivity index (χ4v) is 1.47. The summed E-state index contributed by atoms with van der Waals surface area (Å²) in [4.78, 5) is 0. The van der Waals surface area contributed by atoms with E-state index in [0.29, 0.717) is 13.0 Å². The van der Waals surface area contributed by atoms with Crippen LogP contribution in [0.25, 0.3) is 0 Å². The number of rotatable bonds is 4. The standard InChI is InChI=1S/C9H17BO4/c1-2-3-13-8-4-6(11)9(12)7(5-10)14-8/h6-9,11-12H,2-5H2,1H3. The molecule has 1 heterocycles. The zero-order chi connectivity index (χ0) is 10.6. The van der Waals surface area contributed by atoms with E-state index in [4.69, 9.17) is 17.3 Å². The van der Waals surface area contributed by atoms with Gasteiger partial charge in [0.15, 0.2) is 6.29 Å². The second kappa shape index (κ2) is 5.71. The highest BCUT2D eigenvalue weighted by atomic mass is 16.7. The Balaban J connectivity index is 2.41. The summed E-state index contributed by atoms with van der Waals surface area (Å²) in [5.41, 5.74) is 0. The predicted octanol–water partition coefficient (Wildman–Crippen LogP) is -0.163. The minimum absolute atomic E-state index is 0.185. The summed E-state index contributed by atoms with van der Waals surface area (Å²) in [6.07, 6.45) is -1.30. The van der Waals surface area contributed by atoms with Crippen molar-refractivity contribution in [2.75, 3.05) is 6.61 Å². The molecule has 80 valence electrons. The van der Waals surface area contributed by atoms with Crippen molar-refractivity contribution >= 4 is 7.85 Å². The molecule has 4 nitrogen and oxygen atoms in total. The van der Waals surface area contributed by atoms with Crippen LogP contribution in [0.2, 0.25) is 6.32 Å². The third kappa shape index (κ3) is 2.95. The van der Waals surface area contributed by atoms with Gasteiger partial charge in [0.2, 0.25) is 0 Å². The quantitative estimate of drug-likeness (QED) is 0.619. The summed E-state index contributed by atoms with van der Waals surface area (Å²) in [5, 5.41) is 19.0. The number of aliphatic hydroxyl groups excluding tert-OH is 2. The minimum atomic E-state index is -0.901. The van der Waals surface area contributed by atoms with Crippen LogP contribution in [-0.2, 0) is 9.47 Å². The Kier molecular flexibility index (Phi) is 4.88. The molecule has 0 aromatic carbocycles. The average Bonchev–Trinajstić information content (AvgIpc) is 2.19. The second-order valence-corrected chi connectivity index (χ2v) is 3.50. The molecular weight excluding hydrogens is 183 g/mol. The first-order chi connectivity index (χ1) is 6.69. The maximum atomic E-state index is 9.48. The second-order valence-electron chi connectivity index (χ2n) is 3.50. The van der Waals surface area contributed by atoms with Crippen molar-refractivity contribution < 1.29 is 19.7 Å². The Morgan fingerprint density at radius 1 is 1.50 bits per heavy atom. The normalized spacial score (nSPS) is 38.5. The zero-order valence-corrected chi connectivity index (χ0v) is 8.43. The molecule has 0 saturated carbocycles. The number of hydrogen-bond donors (Lipinski definition) is 2. The largest absolute Gasteiger partial charge is 0.390 e. The highest BCUT2D eigenvalue weighted by molar-refractivity contribution is 6.08. The van der Waals surface area contributed by atoms with Crippen LogP contribution in [0.3, 0.4) is 0 Å². The van der Waals surface area contributed by atoms with Gasteiger partial charge in [0.05, 0.1) is 20.1 Å². The van der Waals surface area contributed by atoms with E-state index in [1.54, 1.807) is 0 Å². The molecule has 4 unspecified atom stereocenters. The van der Waals surface area contributed by atoms with Crippen molar-refractivity contribution in [1.29, 1.82) is 0 Å². The van der Waals surface area contributed by atoms with E-state index >= 15 is 0 Å². The van der Waals surface area contributed by atoms with Gasteiger partial charge >= 0.3 is 0 Å². The number of ether oxygens (including phenoxy) is 2. The smallest absolute Gasteiger partial charge is 0.160 e. The van der Waals surface area contributed by atoms with E-state index in [1.165, 1.54) is 0 Å². The van der Waals surface area contributed by atoms with Crippen molar-refractivity contribution in [3.05, 3.63) is 0 Å². The van der Waals surface area contributed by atoms with Gasteiger partial charge in [-0.3, -0.25) is 0 Å². The molecule has 0 aromatic rings. The van der Waals surface area contributed by atoms with Crippen LogP contribution in [-0.4, -0.2) is 49.3 Å². The maximum absolute atomic E-state index is 9.48. The molecule has 1 fully saturated rings. The molecule has 0 spiro atoms. The molecule has 5 heteroatoms. The van der Waals surface area contributed by atoms with Gasteiger partial charge in [0.25, 0.3) is 0 Å². The number of hydrogen-bond acceptors (Lipinski definition) is 4. The third-order valence-corrected chi connectivity index (χ3v) is 2.28. The maximum Gasteiger partial charge on any atom is 0.160 e.